The Labute approximate surface area is 104 Å². The third-order valence-corrected chi connectivity index (χ3v) is 3.63. The largest absolute Gasteiger partial charge is 0.338 e. The van der Waals surface area contributed by atoms with Crippen LogP contribution in [-0.4, -0.2) is 46.7 Å². The number of rotatable bonds is 4. The number of aryl methyl sites for hydroxylation is 1. The fourth-order valence-electron chi connectivity index (χ4n) is 2.45. The van der Waals surface area contributed by atoms with Crippen LogP contribution in [0, 0.1) is 0 Å². The van der Waals surface area contributed by atoms with Crippen molar-refractivity contribution in [1.29, 1.82) is 0 Å². The SMILES string of the molecule is CCC1CN(CCc2nccn2C)CCCN1. The maximum atomic E-state index is 4.38. The molecule has 1 fully saturated rings. The molecule has 17 heavy (non-hydrogen) atoms. The summed E-state index contributed by atoms with van der Waals surface area (Å²) in [5.74, 6) is 1.19. The molecular formula is C13H24N4. The van der Waals surface area contributed by atoms with E-state index in [2.05, 4.69) is 33.7 Å². The molecule has 1 aromatic rings. The van der Waals surface area contributed by atoms with Crippen LogP contribution in [0.2, 0.25) is 0 Å². The summed E-state index contributed by atoms with van der Waals surface area (Å²) in [5, 5.41) is 3.60. The highest BCUT2D eigenvalue weighted by atomic mass is 15.2. The van der Waals surface area contributed by atoms with E-state index < -0.39 is 0 Å². The molecule has 0 spiro atoms. The molecule has 2 heterocycles. The first-order chi connectivity index (χ1) is 8.29. The number of hydrogen-bond acceptors (Lipinski definition) is 3. The van der Waals surface area contributed by atoms with Crippen LogP contribution in [0.15, 0.2) is 12.4 Å². The van der Waals surface area contributed by atoms with Crippen LogP contribution >= 0.6 is 0 Å². The maximum absolute atomic E-state index is 4.38. The molecule has 0 amide bonds. The minimum atomic E-state index is 0.666. The average molecular weight is 236 g/mol. The molecule has 1 saturated heterocycles. The van der Waals surface area contributed by atoms with Crippen molar-refractivity contribution in [3.63, 3.8) is 0 Å². The molecule has 0 aromatic carbocycles. The summed E-state index contributed by atoms with van der Waals surface area (Å²) in [6, 6.07) is 0.666. The van der Waals surface area contributed by atoms with Crippen molar-refractivity contribution in [3.8, 4) is 0 Å². The topological polar surface area (TPSA) is 33.1 Å². The Balaban J connectivity index is 1.83. The van der Waals surface area contributed by atoms with Crippen molar-refractivity contribution in [2.24, 2.45) is 7.05 Å². The summed E-state index contributed by atoms with van der Waals surface area (Å²) in [4.78, 5) is 6.96. The molecule has 0 aliphatic carbocycles. The summed E-state index contributed by atoms with van der Waals surface area (Å²) in [7, 11) is 2.07. The highest BCUT2D eigenvalue weighted by molar-refractivity contribution is 4.92. The van der Waals surface area contributed by atoms with Gasteiger partial charge in [-0.3, -0.25) is 0 Å². The summed E-state index contributed by atoms with van der Waals surface area (Å²) < 4.78 is 2.12. The number of nitrogens with zero attached hydrogens (tertiary/aromatic N) is 3. The van der Waals surface area contributed by atoms with E-state index in [1.54, 1.807) is 0 Å². The first-order valence-corrected chi connectivity index (χ1v) is 6.71. The van der Waals surface area contributed by atoms with Crippen molar-refractivity contribution in [2.45, 2.75) is 32.2 Å². The molecule has 4 heteroatoms. The predicted molar refractivity (Wildman–Crippen MR) is 70.1 cm³/mol. The van der Waals surface area contributed by atoms with Gasteiger partial charge in [-0.05, 0) is 25.9 Å². The Bertz CT molecular complexity index is 334. The van der Waals surface area contributed by atoms with Crippen LogP contribution < -0.4 is 5.32 Å². The molecule has 4 nitrogen and oxygen atoms in total. The minimum Gasteiger partial charge on any atom is -0.338 e. The van der Waals surface area contributed by atoms with E-state index in [1.165, 1.54) is 31.8 Å². The van der Waals surface area contributed by atoms with Gasteiger partial charge in [0.1, 0.15) is 5.82 Å². The van der Waals surface area contributed by atoms with Crippen LogP contribution in [0.4, 0.5) is 0 Å². The Morgan fingerprint density at radius 3 is 3.12 bits per heavy atom. The lowest BCUT2D eigenvalue weighted by Crippen LogP contribution is -2.38. The average Bonchev–Trinajstić information content (AvgIpc) is 2.62. The zero-order valence-corrected chi connectivity index (χ0v) is 11.0. The van der Waals surface area contributed by atoms with Gasteiger partial charge in [0.05, 0.1) is 0 Å². The molecule has 0 radical (unpaired) electrons. The highest BCUT2D eigenvalue weighted by Crippen LogP contribution is 2.05. The van der Waals surface area contributed by atoms with E-state index in [9.17, 15) is 0 Å². The van der Waals surface area contributed by atoms with E-state index in [-0.39, 0.29) is 0 Å². The lowest BCUT2D eigenvalue weighted by atomic mass is 10.2. The van der Waals surface area contributed by atoms with E-state index in [4.69, 9.17) is 0 Å². The second-order valence-corrected chi connectivity index (χ2v) is 4.92. The van der Waals surface area contributed by atoms with E-state index in [0.717, 1.165) is 19.5 Å². The van der Waals surface area contributed by atoms with Crippen molar-refractivity contribution in [3.05, 3.63) is 18.2 Å². The van der Waals surface area contributed by atoms with Gasteiger partial charge >= 0.3 is 0 Å². The minimum absolute atomic E-state index is 0.666. The van der Waals surface area contributed by atoms with E-state index in [0.29, 0.717) is 6.04 Å². The fourth-order valence-corrected chi connectivity index (χ4v) is 2.45. The van der Waals surface area contributed by atoms with E-state index in [1.807, 2.05) is 12.4 Å². The Morgan fingerprint density at radius 1 is 1.53 bits per heavy atom. The quantitative estimate of drug-likeness (QED) is 0.848. The van der Waals surface area contributed by atoms with Gasteiger partial charge in [-0.15, -0.1) is 0 Å². The van der Waals surface area contributed by atoms with Crippen molar-refractivity contribution in [1.82, 2.24) is 19.8 Å². The summed E-state index contributed by atoms with van der Waals surface area (Å²) in [5.41, 5.74) is 0. The van der Waals surface area contributed by atoms with Gasteiger partial charge < -0.3 is 14.8 Å². The summed E-state index contributed by atoms with van der Waals surface area (Å²) >= 11 is 0. The molecule has 2 rings (SSSR count). The van der Waals surface area contributed by atoms with Crippen LogP contribution in [-0.2, 0) is 13.5 Å². The zero-order valence-electron chi connectivity index (χ0n) is 11.0. The highest BCUT2D eigenvalue weighted by Gasteiger charge is 2.16. The zero-order chi connectivity index (χ0) is 12.1. The first-order valence-electron chi connectivity index (χ1n) is 6.71. The number of nitrogens with one attached hydrogen (secondary N) is 1. The van der Waals surface area contributed by atoms with Gasteiger partial charge in [0.25, 0.3) is 0 Å². The maximum Gasteiger partial charge on any atom is 0.109 e. The molecule has 1 atom stereocenters. The fraction of sp³-hybridized carbons (Fsp3) is 0.769. The molecular weight excluding hydrogens is 212 g/mol. The second-order valence-electron chi connectivity index (χ2n) is 4.92. The molecule has 0 bridgehead atoms. The smallest absolute Gasteiger partial charge is 0.109 e. The van der Waals surface area contributed by atoms with Gasteiger partial charge in [0, 0.05) is 45.0 Å². The molecule has 1 N–H and O–H groups in total. The lowest BCUT2D eigenvalue weighted by Gasteiger charge is -2.23. The normalized spacial score (nSPS) is 22.6. The van der Waals surface area contributed by atoms with Crippen LogP contribution in [0.1, 0.15) is 25.6 Å². The van der Waals surface area contributed by atoms with E-state index >= 15 is 0 Å². The number of imidazole rings is 1. The van der Waals surface area contributed by atoms with Gasteiger partial charge in [-0.2, -0.15) is 0 Å². The summed E-state index contributed by atoms with van der Waals surface area (Å²) in [6.45, 7) is 6.95. The number of hydrogen-bond donors (Lipinski definition) is 1. The predicted octanol–water partition coefficient (Wildman–Crippen LogP) is 1.04. The lowest BCUT2D eigenvalue weighted by molar-refractivity contribution is 0.266. The molecule has 0 saturated carbocycles. The van der Waals surface area contributed by atoms with Crippen LogP contribution in [0.3, 0.4) is 0 Å². The second kappa shape index (κ2) is 6.17. The van der Waals surface area contributed by atoms with Crippen molar-refractivity contribution >= 4 is 0 Å². The third kappa shape index (κ3) is 3.54. The standard InChI is InChI=1S/C13H24N4/c1-3-12-11-17(8-4-6-14-12)9-5-13-15-7-10-16(13)2/h7,10,12,14H,3-6,8-9,11H2,1-2H3. The van der Waals surface area contributed by atoms with Crippen LogP contribution in [0.25, 0.3) is 0 Å². The first kappa shape index (κ1) is 12.6. The molecule has 1 unspecified atom stereocenters. The Hall–Kier alpha value is -0.870. The van der Waals surface area contributed by atoms with Crippen molar-refractivity contribution in [2.75, 3.05) is 26.2 Å². The monoisotopic (exact) mass is 236 g/mol. The molecule has 1 aliphatic heterocycles. The van der Waals surface area contributed by atoms with Gasteiger partial charge in [0.2, 0.25) is 0 Å². The molecule has 1 aliphatic rings. The Morgan fingerprint density at radius 2 is 2.41 bits per heavy atom. The van der Waals surface area contributed by atoms with Crippen LogP contribution in [0.5, 0.6) is 0 Å². The molecule has 1 aromatic heterocycles. The van der Waals surface area contributed by atoms with Crippen molar-refractivity contribution < 1.29 is 0 Å². The van der Waals surface area contributed by atoms with Gasteiger partial charge in [-0.1, -0.05) is 6.92 Å². The molecule has 96 valence electrons. The van der Waals surface area contributed by atoms with Gasteiger partial charge in [-0.25, -0.2) is 4.98 Å². The number of aromatic nitrogens is 2. The summed E-state index contributed by atoms with van der Waals surface area (Å²) in [6.07, 6.45) is 7.44. The Kier molecular flexibility index (Phi) is 4.57. The van der Waals surface area contributed by atoms with Gasteiger partial charge in [0.15, 0.2) is 0 Å². The third-order valence-electron chi connectivity index (χ3n) is 3.63.